The van der Waals surface area contributed by atoms with E-state index in [1.54, 1.807) is 18.2 Å². The Morgan fingerprint density at radius 1 is 1.18 bits per heavy atom. The van der Waals surface area contributed by atoms with Gasteiger partial charge in [0.2, 0.25) is 11.8 Å². The van der Waals surface area contributed by atoms with Gasteiger partial charge >= 0.3 is 5.69 Å². The standard InChI is InChI=1S/C22H20ClFN4O4S/c1-12-5-4-6-13(9-12)26-19(18-20(30)27(2)22(32)28(3)21(18)31)33-11-17(29)25-14-7-8-16(24)15(23)10-14/h4-10,30H,11H2,1-3H3,(H,25,29). The number of aliphatic imine (C=N–C) groups is 1. The number of aromatic nitrogens is 2. The maximum atomic E-state index is 13.3. The molecule has 0 aliphatic rings. The number of nitrogens with one attached hydrogen (secondary N) is 1. The van der Waals surface area contributed by atoms with Gasteiger partial charge in [-0.05, 0) is 42.8 Å². The number of rotatable bonds is 5. The molecule has 1 amide bonds. The SMILES string of the molecule is Cc1cccc(N=C(SCC(=O)Nc2ccc(F)c(Cl)c2)c2c(O)n(C)c(=O)n(C)c2=O)c1. The lowest BCUT2D eigenvalue weighted by Crippen LogP contribution is -2.39. The highest BCUT2D eigenvalue weighted by Gasteiger charge is 2.22. The Kier molecular flexibility index (Phi) is 7.39. The van der Waals surface area contributed by atoms with Crippen LogP contribution in [0.25, 0.3) is 0 Å². The normalized spacial score (nSPS) is 11.5. The molecule has 0 saturated carbocycles. The minimum Gasteiger partial charge on any atom is -0.494 e. The van der Waals surface area contributed by atoms with E-state index in [0.717, 1.165) is 32.5 Å². The quantitative estimate of drug-likeness (QED) is 0.421. The van der Waals surface area contributed by atoms with E-state index in [-0.39, 0.29) is 21.4 Å². The monoisotopic (exact) mass is 490 g/mol. The molecule has 0 aliphatic carbocycles. The Morgan fingerprint density at radius 2 is 1.91 bits per heavy atom. The fourth-order valence-electron chi connectivity index (χ4n) is 2.90. The number of anilines is 1. The lowest BCUT2D eigenvalue weighted by atomic mass is 10.2. The highest BCUT2D eigenvalue weighted by molar-refractivity contribution is 8.15. The maximum Gasteiger partial charge on any atom is 0.333 e. The molecule has 0 saturated heterocycles. The largest absolute Gasteiger partial charge is 0.494 e. The first-order valence-electron chi connectivity index (χ1n) is 9.61. The van der Waals surface area contributed by atoms with Crippen molar-refractivity contribution >= 4 is 45.7 Å². The second-order valence-corrected chi connectivity index (χ2v) is 8.50. The summed E-state index contributed by atoms with van der Waals surface area (Å²) in [5.41, 5.74) is 0.0590. The molecule has 1 heterocycles. The summed E-state index contributed by atoms with van der Waals surface area (Å²) in [6, 6.07) is 10.9. The zero-order chi connectivity index (χ0) is 24.3. The molecule has 3 aromatic rings. The zero-order valence-corrected chi connectivity index (χ0v) is 19.5. The summed E-state index contributed by atoms with van der Waals surface area (Å²) in [5, 5.41) is 13.1. The van der Waals surface area contributed by atoms with E-state index in [4.69, 9.17) is 11.6 Å². The molecule has 0 unspecified atom stereocenters. The van der Waals surface area contributed by atoms with Crippen molar-refractivity contribution in [2.75, 3.05) is 11.1 Å². The van der Waals surface area contributed by atoms with Gasteiger partial charge < -0.3 is 10.4 Å². The summed E-state index contributed by atoms with van der Waals surface area (Å²) in [5.74, 6) is -1.84. The van der Waals surface area contributed by atoms with Crippen molar-refractivity contribution in [1.29, 1.82) is 0 Å². The number of benzene rings is 2. The molecule has 172 valence electrons. The van der Waals surface area contributed by atoms with Gasteiger partial charge in [0, 0.05) is 19.8 Å². The van der Waals surface area contributed by atoms with Crippen molar-refractivity contribution in [1.82, 2.24) is 9.13 Å². The van der Waals surface area contributed by atoms with Gasteiger partial charge in [-0.3, -0.25) is 18.7 Å². The Labute approximate surface area is 197 Å². The average Bonchev–Trinajstić information content (AvgIpc) is 2.77. The van der Waals surface area contributed by atoms with Crippen LogP contribution in [0.2, 0.25) is 5.02 Å². The second kappa shape index (κ2) is 10.1. The lowest BCUT2D eigenvalue weighted by Gasteiger charge is -2.13. The third-order valence-electron chi connectivity index (χ3n) is 4.62. The molecular formula is C22H20ClFN4O4S. The first-order chi connectivity index (χ1) is 15.6. The van der Waals surface area contributed by atoms with Crippen LogP contribution >= 0.6 is 23.4 Å². The third-order valence-corrected chi connectivity index (χ3v) is 5.89. The molecule has 0 spiro atoms. The summed E-state index contributed by atoms with van der Waals surface area (Å²) in [6.45, 7) is 1.87. The molecule has 0 atom stereocenters. The number of amides is 1. The number of hydrogen-bond donors (Lipinski definition) is 2. The molecule has 2 aromatic carbocycles. The predicted molar refractivity (Wildman–Crippen MR) is 128 cm³/mol. The summed E-state index contributed by atoms with van der Waals surface area (Å²) in [6.07, 6.45) is 0. The average molecular weight is 491 g/mol. The Bertz CT molecular complexity index is 1380. The second-order valence-electron chi connectivity index (χ2n) is 7.13. The lowest BCUT2D eigenvalue weighted by molar-refractivity contribution is -0.113. The topological polar surface area (TPSA) is 106 Å². The van der Waals surface area contributed by atoms with Gasteiger partial charge in [0.05, 0.1) is 16.5 Å². The van der Waals surface area contributed by atoms with Crippen LogP contribution in [0.5, 0.6) is 5.88 Å². The number of aromatic hydroxyl groups is 1. The van der Waals surface area contributed by atoms with Gasteiger partial charge in [0.1, 0.15) is 16.4 Å². The van der Waals surface area contributed by atoms with Crippen LogP contribution in [0, 0.1) is 12.7 Å². The summed E-state index contributed by atoms with van der Waals surface area (Å²) in [7, 11) is 2.61. The maximum absolute atomic E-state index is 13.3. The molecule has 0 bridgehead atoms. The van der Waals surface area contributed by atoms with E-state index < -0.39 is 28.9 Å². The van der Waals surface area contributed by atoms with E-state index in [2.05, 4.69) is 10.3 Å². The van der Waals surface area contributed by atoms with Crippen molar-refractivity contribution in [3.05, 3.63) is 85.3 Å². The Morgan fingerprint density at radius 3 is 2.58 bits per heavy atom. The van der Waals surface area contributed by atoms with E-state index in [0.29, 0.717) is 11.4 Å². The third kappa shape index (κ3) is 5.52. The first kappa shape index (κ1) is 24.3. The smallest absolute Gasteiger partial charge is 0.333 e. The molecule has 0 radical (unpaired) electrons. The van der Waals surface area contributed by atoms with Gasteiger partial charge in [-0.1, -0.05) is 35.5 Å². The van der Waals surface area contributed by atoms with Gasteiger partial charge in [-0.25, -0.2) is 14.2 Å². The number of aryl methyl sites for hydroxylation is 1. The van der Waals surface area contributed by atoms with Crippen LogP contribution in [-0.2, 0) is 18.9 Å². The van der Waals surface area contributed by atoms with Crippen LogP contribution in [0.15, 0.2) is 57.0 Å². The molecule has 11 heteroatoms. The van der Waals surface area contributed by atoms with Gasteiger partial charge in [-0.2, -0.15) is 0 Å². The van der Waals surface area contributed by atoms with Gasteiger partial charge in [0.15, 0.2) is 0 Å². The molecule has 0 fully saturated rings. The zero-order valence-electron chi connectivity index (χ0n) is 17.9. The van der Waals surface area contributed by atoms with E-state index in [9.17, 15) is 23.9 Å². The number of carbonyl (C=O) groups excluding carboxylic acids is 1. The molecule has 3 rings (SSSR count). The van der Waals surface area contributed by atoms with Gasteiger partial charge in [0.25, 0.3) is 5.56 Å². The fourth-order valence-corrected chi connectivity index (χ4v) is 3.91. The Balaban J connectivity index is 1.97. The number of thioether (sulfide) groups is 1. The number of nitrogens with zero attached hydrogens (tertiary/aromatic N) is 3. The minimum absolute atomic E-state index is 0.0570. The predicted octanol–water partition coefficient (Wildman–Crippen LogP) is 3.34. The van der Waals surface area contributed by atoms with Crippen molar-refractivity contribution in [2.45, 2.75) is 6.92 Å². The van der Waals surface area contributed by atoms with Crippen LogP contribution in [0.1, 0.15) is 11.1 Å². The number of halogens is 2. The fraction of sp³-hybridized carbons (Fsp3) is 0.182. The minimum atomic E-state index is -0.750. The van der Waals surface area contributed by atoms with Crippen molar-refractivity contribution in [2.24, 2.45) is 19.1 Å². The van der Waals surface area contributed by atoms with E-state index in [1.165, 1.54) is 26.2 Å². The highest BCUT2D eigenvalue weighted by Crippen LogP contribution is 2.24. The van der Waals surface area contributed by atoms with E-state index >= 15 is 0 Å². The summed E-state index contributed by atoms with van der Waals surface area (Å²) in [4.78, 5) is 41.9. The van der Waals surface area contributed by atoms with Crippen LogP contribution in [0.3, 0.4) is 0 Å². The molecule has 0 aliphatic heterocycles. The molecule has 8 nitrogen and oxygen atoms in total. The van der Waals surface area contributed by atoms with Crippen molar-refractivity contribution < 1.29 is 14.3 Å². The number of carbonyl (C=O) groups is 1. The van der Waals surface area contributed by atoms with Crippen molar-refractivity contribution in [3.63, 3.8) is 0 Å². The Hall–Kier alpha value is -3.37. The molecular weight excluding hydrogens is 471 g/mol. The van der Waals surface area contributed by atoms with Gasteiger partial charge in [-0.15, -0.1) is 0 Å². The van der Waals surface area contributed by atoms with Crippen LogP contribution in [-0.4, -0.2) is 30.9 Å². The number of hydrogen-bond acceptors (Lipinski definition) is 6. The molecule has 1 aromatic heterocycles. The summed E-state index contributed by atoms with van der Waals surface area (Å²) < 4.78 is 15.1. The summed E-state index contributed by atoms with van der Waals surface area (Å²) >= 11 is 6.65. The van der Waals surface area contributed by atoms with Crippen LogP contribution < -0.4 is 16.6 Å². The molecule has 33 heavy (non-hydrogen) atoms. The highest BCUT2D eigenvalue weighted by atomic mass is 35.5. The van der Waals surface area contributed by atoms with E-state index in [1.807, 2.05) is 13.0 Å². The first-order valence-corrected chi connectivity index (χ1v) is 11.0. The van der Waals surface area contributed by atoms with Crippen molar-refractivity contribution in [3.8, 4) is 5.88 Å². The molecule has 2 N–H and O–H groups in total. The van der Waals surface area contributed by atoms with Crippen LogP contribution in [0.4, 0.5) is 15.8 Å².